The summed E-state index contributed by atoms with van der Waals surface area (Å²) in [6.45, 7) is 9.91. The zero-order chi connectivity index (χ0) is 28.5. The molecule has 0 atom stereocenters. The quantitative estimate of drug-likeness (QED) is 0.189. The number of carbonyl (C=O) groups is 2. The topological polar surface area (TPSA) is 94.1 Å². The predicted molar refractivity (Wildman–Crippen MR) is 152 cm³/mol. The molecule has 38 heavy (non-hydrogen) atoms. The van der Waals surface area contributed by atoms with Crippen molar-refractivity contribution in [3.8, 4) is 17.2 Å². The first-order valence-corrected chi connectivity index (χ1v) is 12.5. The van der Waals surface area contributed by atoms with Crippen LogP contribution < -0.4 is 19.5 Å². The van der Waals surface area contributed by atoms with Gasteiger partial charge in [-0.15, -0.1) is 0 Å². The first-order valence-electron chi connectivity index (χ1n) is 12.5. The van der Waals surface area contributed by atoms with Gasteiger partial charge in [0.25, 0.3) is 5.91 Å². The summed E-state index contributed by atoms with van der Waals surface area (Å²) in [5, 5.41) is 11.5. The van der Waals surface area contributed by atoms with Crippen LogP contribution in [0, 0.1) is 0 Å². The number of ether oxygens (including phenoxy) is 3. The van der Waals surface area contributed by atoms with Crippen molar-refractivity contribution in [3.05, 3.63) is 101 Å². The van der Waals surface area contributed by atoms with E-state index in [-0.39, 0.29) is 12.3 Å². The zero-order valence-corrected chi connectivity index (χ0v) is 23.2. The highest BCUT2D eigenvalue weighted by atomic mass is 16.5. The summed E-state index contributed by atoms with van der Waals surface area (Å²) in [5.74, 6) is 1.45. The molecule has 2 aromatic rings. The molecule has 204 valence electrons. The minimum atomic E-state index is -0.828. The van der Waals surface area contributed by atoms with Gasteiger partial charge >= 0.3 is 5.97 Å². The number of hydrogen-bond donors (Lipinski definition) is 2. The Kier molecular flexibility index (Phi) is 14.4. The molecule has 7 nitrogen and oxygen atoms in total. The Hall–Kier alpha value is -4.26. The van der Waals surface area contributed by atoms with Gasteiger partial charge in [0.2, 0.25) is 0 Å². The highest BCUT2D eigenvalue weighted by Crippen LogP contribution is 2.24. The minimum absolute atomic E-state index is 0.0811. The van der Waals surface area contributed by atoms with Gasteiger partial charge in [0.15, 0.2) is 0 Å². The molecular weight excluding hydrogens is 482 g/mol. The molecule has 0 aliphatic carbocycles. The van der Waals surface area contributed by atoms with Crippen LogP contribution in [0.25, 0.3) is 0 Å². The van der Waals surface area contributed by atoms with Crippen LogP contribution in [0.2, 0.25) is 0 Å². The van der Waals surface area contributed by atoms with Crippen molar-refractivity contribution in [3.63, 3.8) is 0 Å². The number of carbonyl (C=O) groups excluding carboxylic acids is 1. The number of amides is 1. The molecule has 0 radical (unpaired) electrons. The van der Waals surface area contributed by atoms with Gasteiger partial charge in [-0.05, 0) is 72.9 Å². The molecule has 0 heterocycles. The van der Waals surface area contributed by atoms with Crippen LogP contribution in [0.5, 0.6) is 17.2 Å². The maximum Gasteiger partial charge on any atom is 0.303 e. The Bertz CT molecular complexity index is 1140. The summed E-state index contributed by atoms with van der Waals surface area (Å²) >= 11 is 0. The standard InChI is InChI=1S/C29H33NO6.C2H6/c1-6-23(36-24-13-8-21(9-14-24)11-16-28(31)32)12-7-20(2)27(29(33)30-3)15-10-22-17-25(34-4)19-26(18-22)35-5;1-2/h6-9,12-15,17-19H,2,10-11,16H2,1,3-5H3,(H,30,33)(H,31,32);1-2H3/b12-7-,23-6+,27-15+;. The number of aliphatic carboxylic acids is 1. The van der Waals surface area contributed by atoms with Gasteiger partial charge in [-0.1, -0.05) is 44.7 Å². The first-order chi connectivity index (χ1) is 18.3. The highest BCUT2D eigenvalue weighted by molar-refractivity contribution is 5.98. The number of aryl methyl sites for hydroxylation is 1. The third kappa shape index (κ3) is 10.8. The normalized spacial score (nSPS) is 11.3. The second-order valence-electron chi connectivity index (χ2n) is 7.81. The molecule has 2 aromatic carbocycles. The fourth-order valence-electron chi connectivity index (χ4n) is 3.28. The van der Waals surface area contributed by atoms with Crippen LogP contribution >= 0.6 is 0 Å². The smallest absolute Gasteiger partial charge is 0.303 e. The molecule has 0 saturated carbocycles. The fraction of sp³-hybridized carbons (Fsp3) is 0.290. The number of hydrogen-bond acceptors (Lipinski definition) is 5. The van der Waals surface area contributed by atoms with Crippen LogP contribution in [-0.4, -0.2) is 38.3 Å². The van der Waals surface area contributed by atoms with E-state index in [0.29, 0.717) is 47.0 Å². The fourth-order valence-corrected chi connectivity index (χ4v) is 3.28. The summed E-state index contributed by atoms with van der Waals surface area (Å²) < 4.78 is 16.6. The number of carboxylic acid groups (broad SMARTS) is 1. The molecule has 2 rings (SSSR count). The lowest BCUT2D eigenvalue weighted by molar-refractivity contribution is -0.137. The van der Waals surface area contributed by atoms with Crippen LogP contribution in [-0.2, 0) is 22.4 Å². The van der Waals surface area contributed by atoms with Crippen molar-refractivity contribution in [1.82, 2.24) is 5.32 Å². The van der Waals surface area contributed by atoms with Crippen molar-refractivity contribution in [2.45, 2.75) is 40.0 Å². The van der Waals surface area contributed by atoms with E-state index in [1.165, 1.54) is 0 Å². The summed E-state index contributed by atoms with van der Waals surface area (Å²) in [6.07, 6.45) is 8.10. The van der Waals surface area contributed by atoms with Crippen molar-refractivity contribution in [2.75, 3.05) is 21.3 Å². The highest BCUT2D eigenvalue weighted by Gasteiger charge is 2.11. The third-order valence-electron chi connectivity index (χ3n) is 5.29. The maximum atomic E-state index is 12.5. The Morgan fingerprint density at radius 3 is 2.05 bits per heavy atom. The lowest BCUT2D eigenvalue weighted by atomic mass is 10.0. The monoisotopic (exact) mass is 521 g/mol. The lowest BCUT2D eigenvalue weighted by Crippen LogP contribution is -2.21. The Labute approximate surface area is 226 Å². The van der Waals surface area contributed by atoms with E-state index in [4.69, 9.17) is 19.3 Å². The second-order valence-corrected chi connectivity index (χ2v) is 7.81. The van der Waals surface area contributed by atoms with Crippen molar-refractivity contribution in [2.24, 2.45) is 0 Å². The number of allylic oxidation sites excluding steroid dienone is 4. The van der Waals surface area contributed by atoms with E-state index in [0.717, 1.165) is 11.1 Å². The minimum Gasteiger partial charge on any atom is -0.497 e. The molecule has 0 fully saturated rings. The third-order valence-corrected chi connectivity index (χ3v) is 5.29. The summed E-state index contributed by atoms with van der Waals surface area (Å²) in [5.41, 5.74) is 2.81. The van der Waals surface area contributed by atoms with Crippen LogP contribution in [0.3, 0.4) is 0 Å². The summed E-state index contributed by atoms with van der Waals surface area (Å²) in [7, 11) is 4.75. The largest absolute Gasteiger partial charge is 0.497 e. The van der Waals surface area contributed by atoms with Gasteiger partial charge in [-0.2, -0.15) is 0 Å². The number of methoxy groups -OCH3 is 2. The number of likely N-dealkylation sites (N-methyl/N-ethyl adjacent to an activating group) is 1. The SMILES string of the molecule is C=C(/C=C\C(=C/C)Oc1ccc(CCC(=O)O)cc1)/C(=C\Cc1cc(OC)cc(OC)c1)C(=O)NC.CC. The zero-order valence-electron chi connectivity index (χ0n) is 23.2. The number of rotatable bonds is 13. The van der Waals surface area contributed by atoms with Crippen molar-refractivity contribution < 1.29 is 28.9 Å². The molecule has 0 bridgehead atoms. The van der Waals surface area contributed by atoms with Crippen LogP contribution in [0.4, 0.5) is 0 Å². The van der Waals surface area contributed by atoms with E-state index in [9.17, 15) is 9.59 Å². The van der Waals surface area contributed by atoms with Crippen LogP contribution in [0.1, 0.15) is 38.3 Å². The lowest BCUT2D eigenvalue weighted by Gasteiger charge is -2.10. The van der Waals surface area contributed by atoms with Crippen molar-refractivity contribution in [1.29, 1.82) is 0 Å². The summed E-state index contributed by atoms with van der Waals surface area (Å²) in [6, 6.07) is 12.8. The van der Waals surface area contributed by atoms with E-state index in [1.807, 2.05) is 51.1 Å². The van der Waals surface area contributed by atoms with E-state index >= 15 is 0 Å². The second kappa shape index (κ2) is 17.2. The molecule has 2 N–H and O–H groups in total. The van der Waals surface area contributed by atoms with Gasteiger partial charge in [0, 0.05) is 25.1 Å². The van der Waals surface area contributed by atoms with Crippen molar-refractivity contribution >= 4 is 11.9 Å². The van der Waals surface area contributed by atoms with Gasteiger partial charge in [0.1, 0.15) is 23.0 Å². The van der Waals surface area contributed by atoms with E-state index in [2.05, 4.69) is 11.9 Å². The molecule has 0 saturated heterocycles. The molecule has 1 amide bonds. The van der Waals surface area contributed by atoms with Gasteiger partial charge in [-0.3, -0.25) is 9.59 Å². The average Bonchev–Trinajstić information content (AvgIpc) is 2.95. The molecule has 7 heteroatoms. The Morgan fingerprint density at radius 1 is 0.947 bits per heavy atom. The van der Waals surface area contributed by atoms with Gasteiger partial charge in [-0.25, -0.2) is 0 Å². The Morgan fingerprint density at radius 2 is 1.55 bits per heavy atom. The Balaban J connectivity index is 0.00000352. The summed E-state index contributed by atoms with van der Waals surface area (Å²) in [4.78, 5) is 23.3. The molecule has 0 aliphatic rings. The number of nitrogens with one attached hydrogen (secondary N) is 1. The number of benzene rings is 2. The average molecular weight is 522 g/mol. The maximum absolute atomic E-state index is 12.5. The van der Waals surface area contributed by atoms with Gasteiger partial charge in [0.05, 0.1) is 14.2 Å². The first kappa shape index (κ1) is 31.8. The van der Waals surface area contributed by atoms with E-state index < -0.39 is 5.97 Å². The molecular formula is C31H39NO6. The molecule has 0 spiro atoms. The molecule has 0 unspecified atom stereocenters. The number of carboxylic acids is 1. The van der Waals surface area contributed by atoms with Crippen LogP contribution in [0.15, 0.2) is 90.3 Å². The van der Waals surface area contributed by atoms with Gasteiger partial charge < -0.3 is 24.6 Å². The van der Waals surface area contributed by atoms with E-state index in [1.54, 1.807) is 57.7 Å². The molecule has 0 aliphatic heterocycles. The predicted octanol–water partition coefficient (Wildman–Crippen LogP) is 6.06. The molecule has 0 aromatic heterocycles.